The zero-order valence-corrected chi connectivity index (χ0v) is 15.3. The summed E-state index contributed by atoms with van der Waals surface area (Å²) < 4.78 is 27.0. The average molecular weight is 382 g/mol. The third-order valence-electron chi connectivity index (χ3n) is 3.41. The molecule has 0 spiro atoms. The number of aliphatic carboxylic acids is 1. The lowest BCUT2D eigenvalue weighted by atomic mass is 9.94. The Morgan fingerprint density at radius 3 is 2.52 bits per heavy atom. The summed E-state index contributed by atoms with van der Waals surface area (Å²) >= 11 is 1.09. The summed E-state index contributed by atoms with van der Waals surface area (Å²) in [5.74, 6) is -1.50. The minimum absolute atomic E-state index is 0.0493. The number of amides is 1. The lowest BCUT2D eigenvalue weighted by Crippen LogP contribution is -2.38. The maximum atomic E-state index is 12.2. The molecule has 0 radical (unpaired) electrons. The Kier molecular flexibility index (Phi) is 5.48. The highest BCUT2D eigenvalue weighted by molar-refractivity contribution is 7.94. The van der Waals surface area contributed by atoms with Crippen molar-refractivity contribution in [2.45, 2.75) is 18.1 Å². The molecule has 0 aliphatic rings. The first-order valence-corrected chi connectivity index (χ1v) is 9.66. The van der Waals surface area contributed by atoms with E-state index in [1.807, 2.05) is 0 Å². The van der Waals surface area contributed by atoms with Gasteiger partial charge >= 0.3 is 5.97 Å². The van der Waals surface area contributed by atoms with Crippen molar-refractivity contribution in [3.63, 3.8) is 0 Å². The highest BCUT2D eigenvalue weighted by atomic mass is 32.2. The van der Waals surface area contributed by atoms with Crippen LogP contribution in [-0.4, -0.2) is 31.9 Å². The number of carbonyl (C=O) groups excluding carboxylic acids is 1. The molecule has 1 aromatic carbocycles. The van der Waals surface area contributed by atoms with E-state index < -0.39 is 27.3 Å². The molecule has 1 aromatic heterocycles. The second-order valence-electron chi connectivity index (χ2n) is 5.99. The van der Waals surface area contributed by atoms with Crippen molar-refractivity contribution in [3.05, 3.63) is 47.3 Å². The van der Waals surface area contributed by atoms with Crippen LogP contribution in [0, 0.1) is 5.41 Å². The van der Waals surface area contributed by atoms with E-state index in [2.05, 4.69) is 10.0 Å². The molecule has 0 saturated heterocycles. The van der Waals surface area contributed by atoms with Gasteiger partial charge in [0, 0.05) is 17.8 Å². The van der Waals surface area contributed by atoms with Gasteiger partial charge in [-0.15, -0.1) is 11.3 Å². The van der Waals surface area contributed by atoms with Crippen molar-refractivity contribution in [2.24, 2.45) is 5.41 Å². The normalized spacial score (nSPS) is 11.8. The number of nitrogens with one attached hydrogen (secondary N) is 2. The van der Waals surface area contributed by atoms with Gasteiger partial charge in [0.25, 0.3) is 15.9 Å². The van der Waals surface area contributed by atoms with Crippen LogP contribution >= 0.6 is 11.3 Å². The molecule has 134 valence electrons. The zero-order valence-electron chi connectivity index (χ0n) is 13.6. The molecule has 25 heavy (non-hydrogen) atoms. The van der Waals surface area contributed by atoms with Gasteiger partial charge < -0.3 is 10.4 Å². The Bertz CT molecular complexity index is 874. The van der Waals surface area contributed by atoms with E-state index in [0.29, 0.717) is 0 Å². The van der Waals surface area contributed by atoms with E-state index in [1.165, 1.54) is 38.1 Å². The summed E-state index contributed by atoms with van der Waals surface area (Å²) in [6.45, 7) is 2.95. The molecule has 1 heterocycles. The highest BCUT2D eigenvalue weighted by Gasteiger charge is 2.27. The van der Waals surface area contributed by atoms with E-state index in [9.17, 15) is 18.0 Å². The van der Waals surface area contributed by atoms with Crippen LogP contribution in [-0.2, 0) is 14.8 Å². The molecule has 0 unspecified atom stereocenters. The molecule has 2 rings (SSSR count). The van der Waals surface area contributed by atoms with Crippen molar-refractivity contribution in [2.75, 3.05) is 11.3 Å². The third kappa shape index (κ3) is 4.80. The number of hydrogen-bond donors (Lipinski definition) is 3. The number of carbonyl (C=O) groups is 2. The first-order valence-electron chi connectivity index (χ1n) is 7.30. The Hall–Kier alpha value is -2.39. The molecule has 3 N–H and O–H groups in total. The van der Waals surface area contributed by atoms with Crippen molar-refractivity contribution in [1.29, 1.82) is 0 Å². The largest absolute Gasteiger partial charge is 0.481 e. The monoisotopic (exact) mass is 382 g/mol. The van der Waals surface area contributed by atoms with Crippen molar-refractivity contribution in [3.8, 4) is 0 Å². The summed E-state index contributed by atoms with van der Waals surface area (Å²) in [5, 5.41) is 13.3. The third-order valence-corrected chi connectivity index (χ3v) is 6.19. The van der Waals surface area contributed by atoms with Crippen LogP contribution in [0.4, 0.5) is 5.69 Å². The van der Waals surface area contributed by atoms with Crippen LogP contribution in [0.3, 0.4) is 0 Å². The Labute approximate surface area is 149 Å². The predicted octanol–water partition coefficient (Wildman–Crippen LogP) is 2.39. The van der Waals surface area contributed by atoms with Crippen molar-refractivity contribution in [1.82, 2.24) is 5.32 Å². The van der Waals surface area contributed by atoms with Gasteiger partial charge in [0.15, 0.2) is 0 Å². The first kappa shape index (κ1) is 18.9. The maximum Gasteiger partial charge on any atom is 0.310 e. The fourth-order valence-electron chi connectivity index (χ4n) is 1.82. The molecule has 0 fully saturated rings. The molecule has 0 bridgehead atoms. The molecule has 2 aromatic rings. The predicted molar refractivity (Wildman–Crippen MR) is 95.3 cm³/mol. The van der Waals surface area contributed by atoms with Gasteiger partial charge in [0.05, 0.1) is 5.41 Å². The van der Waals surface area contributed by atoms with Gasteiger partial charge in [-0.05, 0) is 43.5 Å². The molecule has 7 nitrogen and oxygen atoms in total. The Balaban J connectivity index is 2.11. The van der Waals surface area contributed by atoms with Crippen LogP contribution in [0.25, 0.3) is 0 Å². The lowest BCUT2D eigenvalue weighted by Gasteiger charge is -2.19. The van der Waals surface area contributed by atoms with E-state index >= 15 is 0 Å². The van der Waals surface area contributed by atoms with E-state index in [4.69, 9.17) is 5.11 Å². The molecular weight excluding hydrogens is 364 g/mol. The molecule has 0 saturated carbocycles. The standard InChI is InChI=1S/C16H18N2O5S2/c1-16(2,15(20)21)10-17-14(19)11-5-3-6-12(9-11)18-25(22,23)13-7-4-8-24-13/h3-9,18H,10H2,1-2H3,(H,17,19)(H,20,21). The maximum absolute atomic E-state index is 12.2. The number of benzene rings is 1. The van der Waals surface area contributed by atoms with Crippen LogP contribution < -0.4 is 10.0 Å². The summed E-state index contributed by atoms with van der Waals surface area (Å²) in [5.41, 5.74) is -0.625. The minimum atomic E-state index is -3.70. The van der Waals surface area contributed by atoms with Crippen molar-refractivity contribution < 1.29 is 23.1 Å². The fourth-order valence-corrected chi connectivity index (χ4v) is 3.87. The zero-order chi connectivity index (χ0) is 18.7. The van der Waals surface area contributed by atoms with Crippen LogP contribution in [0.15, 0.2) is 46.0 Å². The second kappa shape index (κ2) is 7.24. The SMILES string of the molecule is CC(C)(CNC(=O)c1cccc(NS(=O)(=O)c2cccs2)c1)C(=O)O. The minimum Gasteiger partial charge on any atom is -0.481 e. The number of thiophene rings is 1. The van der Waals surface area contributed by atoms with Crippen LogP contribution in [0.5, 0.6) is 0 Å². The molecular formula is C16H18N2O5S2. The van der Waals surface area contributed by atoms with Gasteiger partial charge in [-0.2, -0.15) is 0 Å². The van der Waals surface area contributed by atoms with Crippen LogP contribution in [0.1, 0.15) is 24.2 Å². The van der Waals surface area contributed by atoms with Crippen LogP contribution in [0.2, 0.25) is 0 Å². The smallest absolute Gasteiger partial charge is 0.310 e. The quantitative estimate of drug-likeness (QED) is 0.681. The summed E-state index contributed by atoms with van der Waals surface area (Å²) in [6, 6.07) is 9.11. The number of rotatable bonds is 7. The Morgan fingerprint density at radius 2 is 1.92 bits per heavy atom. The van der Waals surface area contributed by atoms with Gasteiger partial charge in [-0.1, -0.05) is 12.1 Å². The number of carboxylic acids is 1. The number of hydrogen-bond acceptors (Lipinski definition) is 5. The van der Waals surface area contributed by atoms with Crippen molar-refractivity contribution >= 4 is 38.9 Å². The van der Waals surface area contributed by atoms with E-state index in [0.717, 1.165) is 11.3 Å². The number of anilines is 1. The molecule has 9 heteroatoms. The molecule has 0 atom stereocenters. The van der Waals surface area contributed by atoms with Gasteiger partial charge in [0.1, 0.15) is 4.21 Å². The highest BCUT2D eigenvalue weighted by Crippen LogP contribution is 2.21. The second-order valence-corrected chi connectivity index (χ2v) is 8.85. The average Bonchev–Trinajstić information content (AvgIpc) is 3.07. The van der Waals surface area contributed by atoms with Gasteiger partial charge in [-0.3, -0.25) is 14.3 Å². The molecule has 1 amide bonds. The van der Waals surface area contributed by atoms with E-state index in [1.54, 1.807) is 17.5 Å². The number of sulfonamides is 1. The fraction of sp³-hybridized carbons (Fsp3) is 0.250. The topological polar surface area (TPSA) is 113 Å². The van der Waals surface area contributed by atoms with Gasteiger partial charge in [0.2, 0.25) is 0 Å². The molecule has 0 aliphatic carbocycles. The Morgan fingerprint density at radius 1 is 1.20 bits per heavy atom. The summed E-state index contributed by atoms with van der Waals surface area (Å²) in [6.07, 6.45) is 0. The van der Waals surface area contributed by atoms with Gasteiger partial charge in [-0.25, -0.2) is 8.42 Å². The summed E-state index contributed by atoms with van der Waals surface area (Å²) in [7, 11) is -3.70. The number of carboxylic acid groups (broad SMARTS) is 1. The van der Waals surface area contributed by atoms with E-state index in [-0.39, 0.29) is 22.0 Å². The summed E-state index contributed by atoms with van der Waals surface area (Å²) in [4.78, 5) is 23.2. The molecule has 0 aliphatic heterocycles. The lowest BCUT2D eigenvalue weighted by molar-refractivity contribution is -0.146. The first-order chi connectivity index (χ1) is 11.6.